The lowest BCUT2D eigenvalue weighted by molar-refractivity contribution is -0.120. The van der Waals surface area contributed by atoms with Crippen LogP contribution in [0.15, 0.2) is 52.9 Å². The number of methoxy groups -OCH3 is 1. The van der Waals surface area contributed by atoms with Crippen molar-refractivity contribution in [3.8, 4) is 5.75 Å². The molecule has 3 N–H and O–H groups in total. The van der Waals surface area contributed by atoms with E-state index < -0.39 is 44.0 Å². The molecule has 1 aromatic heterocycles. The normalized spacial score (nSPS) is 12.4. The van der Waals surface area contributed by atoms with E-state index in [9.17, 15) is 18.0 Å². The van der Waals surface area contributed by atoms with Crippen LogP contribution in [0.4, 0.5) is 9.39 Å². The number of Topliss-reactive ketones (excluding diaryl/α,β-unsaturated/α-hetero) is 1. The third-order valence-electron chi connectivity index (χ3n) is 5.78. The topological polar surface area (TPSA) is 153 Å². The molecule has 1 heterocycles. The molecule has 3 aromatic rings. The van der Waals surface area contributed by atoms with Gasteiger partial charge in [-0.05, 0) is 63.1 Å². The molecule has 1 unspecified atom stereocenters. The Balaban J connectivity index is 2.05. The molecule has 0 aliphatic carbocycles. The quantitative estimate of drug-likeness (QED) is 0.190. The number of aromatic nitrogens is 1. The van der Waals surface area contributed by atoms with Crippen molar-refractivity contribution < 1.29 is 31.9 Å². The van der Waals surface area contributed by atoms with Crippen LogP contribution >= 0.6 is 11.3 Å². The first-order valence-corrected chi connectivity index (χ1v) is 14.4. The van der Waals surface area contributed by atoms with Crippen molar-refractivity contribution in [2.24, 2.45) is 11.7 Å². The van der Waals surface area contributed by atoms with Gasteiger partial charge in [-0.1, -0.05) is 18.2 Å². The third-order valence-corrected chi connectivity index (χ3v) is 8.48. The number of hydrogen-bond donors (Lipinski definition) is 2. The van der Waals surface area contributed by atoms with Gasteiger partial charge in [0.2, 0.25) is 0 Å². The van der Waals surface area contributed by atoms with Crippen molar-refractivity contribution in [2.75, 3.05) is 11.4 Å². The summed E-state index contributed by atoms with van der Waals surface area (Å²) in [5.41, 5.74) is 6.18. The molecule has 214 valence electrons. The lowest BCUT2D eigenvalue weighted by Gasteiger charge is -2.25. The van der Waals surface area contributed by atoms with Crippen LogP contribution in [0.3, 0.4) is 0 Å². The number of ether oxygens (including phenoxy) is 2. The van der Waals surface area contributed by atoms with Gasteiger partial charge in [-0.3, -0.25) is 14.5 Å². The Kier molecular flexibility index (Phi) is 9.31. The van der Waals surface area contributed by atoms with E-state index in [4.69, 9.17) is 20.6 Å². The van der Waals surface area contributed by atoms with E-state index >= 15 is 4.39 Å². The Bertz CT molecular complexity index is 1510. The third kappa shape index (κ3) is 7.21. The van der Waals surface area contributed by atoms with Crippen LogP contribution in [0.2, 0.25) is 0 Å². The van der Waals surface area contributed by atoms with Crippen LogP contribution in [0.25, 0.3) is 0 Å². The number of ketones is 1. The number of carbonyl (C=O) groups is 2. The van der Waals surface area contributed by atoms with Crippen LogP contribution in [0.1, 0.15) is 49.3 Å². The number of thiazole rings is 1. The minimum absolute atomic E-state index is 0.0000125. The zero-order valence-electron chi connectivity index (χ0n) is 22.7. The number of amidine groups is 1. The van der Waals surface area contributed by atoms with E-state index in [0.29, 0.717) is 11.3 Å². The van der Waals surface area contributed by atoms with Crippen LogP contribution in [0.5, 0.6) is 5.75 Å². The van der Waals surface area contributed by atoms with Gasteiger partial charge in [0.1, 0.15) is 33.8 Å². The monoisotopic (exact) mass is 590 g/mol. The highest BCUT2D eigenvalue weighted by molar-refractivity contribution is 7.93. The fourth-order valence-corrected chi connectivity index (χ4v) is 6.00. The summed E-state index contributed by atoms with van der Waals surface area (Å²) in [6.45, 7) is 6.26. The molecule has 0 bridgehead atoms. The summed E-state index contributed by atoms with van der Waals surface area (Å²) in [4.78, 5) is 28.9. The predicted molar refractivity (Wildman–Crippen MR) is 150 cm³/mol. The highest BCUT2D eigenvalue weighted by Crippen LogP contribution is 2.34. The highest BCUT2D eigenvalue weighted by atomic mass is 32.2. The number of sulfonamides is 1. The second kappa shape index (κ2) is 12.1. The Morgan fingerprint density at radius 1 is 1.18 bits per heavy atom. The molecule has 2 aromatic carbocycles. The number of esters is 1. The first kappa shape index (κ1) is 30.7. The number of halogens is 1. The van der Waals surface area contributed by atoms with Crippen molar-refractivity contribution in [1.29, 1.82) is 5.41 Å². The summed E-state index contributed by atoms with van der Waals surface area (Å²) in [7, 11) is -2.95. The second-order valence-electron chi connectivity index (χ2n) is 9.94. The minimum atomic E-state index is -4.45. The second-order valence-corrected chi connectivity index (χ2v) is 12.6. The Hall–Kier alpha value is -3.84. The fraction of sp³-hybridized carbons (Fsp3) is 0.333. The van der Waals surface area contributed by atoms with Crippen LogP contribution in [0, 0.1) is 17.1 Å². The maximum atomic E-state index is 15.1. The van der Waals surface area contributed by atoms with E-state index in [1.807, 2.05) is 0 Å². The van der Waals surface area contributed by atoms with Gasteiger partial charge >= 0.3 is 5.97 Å². The summed E-state index contributed by atoms with van der Waals surface area (Å²) < 4.78 is 54.6. The lowest BCUT2D eigenvalue weighted by Crippen LogP contribution is -2.32. The summed E-state index contributed by atoms with van der Waals surface area (Å²) >= 11 is 0.922. The summed E-state index contributed by atoms with van der Waals surface area (Å²) in [5, 5.41) is 7.43. The van der Waals surface area contributed by atoms with E-state index in [0.717, 1.165) is 21.7 Å². The van der Waals surface area contributed by atoms with Crippen molar-refractivity contribution in [1.82, 2.24) is 4.98 Å². The Morgan fingerprint density at radius 3 is 2.38 bits per heavy atom. The Labute approximate surface area is 236 Å². The molecule has 40 heavy (non-hydrogen) atoms. The van der Waals surface area contributed by atoms with E-state index in [-0.39, 0.29) is 35.1 Å². The van der Waals surface area contributed by atoms with Crippen LogP contribution in [-0.4, -0.2) is 43.7 Å². The van der Waals surface area contributed by atoms with Crippen LogP contribution in [-0.2, 0) is 32.5 Å². The summed E-state index contributed by atoms with van der Waals surface area (Å²) in [5.74, 6) is -2.87. The number of nitrogens with two attached hydrogens (primary N) is 1. The molecular weight excluding hydrogens is 559 g/mol. The average molecular weight is 591 g/mol. The number of rotatable bonds is 11. The number of nitrogens with zero attached hydrogens (tertiary/aromatic N) is 2. The first-order valence-electron chi connectivity index (χ1n) is 12.1. The minimum Gasteiger partial charge on any atom is -0.497 e. The molecule has 10 nitrogen and oxygen atoms in total. The summed E-state index contributed by atoms with van der Waals surface area (Å²) in [6.07, 6.45) is -0.361. The van der Waals surface area contributed by atoms with Gasteiger partial charge in [0.05, 0.1) is 30.0 Å². The van der Waals surface area contributed by atoms with Crippen molar-refractivity contribution in [3.05, 3.63) is 70.6 Å². The zero-order valence-corrected chi connectivity index (χ0v) is 24.4. The fourth-order valence-electron chi connectivity index (χ4n) is 3.52. The standard InChI is InChI=1S/C27H31FN4O6S2/c1-16(24(29)30)22(33)12-18-8-11-20(13-21(18)28)40(35,36)32(14-17-6-9-19(37-5)10-7-17)25-23(31-15-39-25)26(34)38-27(2,3)4/h6-11,13,15-16H,12,14H2,1-5H3,(H3,29,30). The van der Waals surface area contributed by atoms with E-state index in [1.54, 1.807) is 45.0 Å². The maximum absolute atomic E-state index is 15.1. The van der Waals surface area contributed by atoms with Gasteiger partial charge in [0, 0.05) is 6.42 Å². The van der Waals surface area contributed by atoms with E-state index in [2.05, 4.69) is 4.98 Å². The number of anilines is 1. The molecule has 0 saturated carbocycles. The van der Waals surface area contributed by atoms with Gasteiger partial charge in [-0.2, -0.15) is 0 Å². The molecule has 0 radical (unpaired) electrons. The molecule has 0 spiro atoms. The number of hydrogen-bond acceptors (Lipinski definition) is 9. The van der Waals surface area contributed by atoms with Gasteiger partial charge in [0.15, 0.2) is 5.69 Å². The molecule has 0 aliphatic heterocycles. The largest absolute Gasteiger partial charge is 0.497 e. The van der Waals surface area contributed by atoms with Crippen LogP contribution < -0.4 is 14.8 Å². The molecular formula is C27H31FN4O6S2. The van der Waals surface area contributed by atoms with Gasteiger partial charge in [0.25, 0.3) is 10.0 Å². The molecule has 1 atom stereocenters. The molecule has 0 saturated heterocycles. The zero-order chi connectivity index (χ0) is 29.8. The Morgan fingerprint density at radius 2 is 1.82 bits per heavy atom. The van der Waals surface area contributed by atoms with Gasteiger partial charge in [-0.15, -0.1) is 11.3 Å². The molecule has 0 amide bonds. The maximum Gasteiger partial charge on any atom is 0.360 e. The summed E-state index contributed by atoms with van der Waals surface area (Å²) in [6, 6.07) is 9.88. The molecule has 0 aliphatic rings. The van der Waals surface area contributed by atoms with Gasteiger partial charge in [-0.25, -0.2) is 22.6 Å². The number of nitrogens with one attached hydrogen (secondary N) is 1. The SMILES string of the molecule is COc1ccc(CN(c2scnc2C(=O)OC(C)(C)C)S(=O)(=O)c2ccc(CC(=O)C(C)C(=N)N)c(F)c2)cc1. The lowest BCUT2D eigenvalue weighted by atomic mass is 9.98. The van der Waals surface area contributed by atoms with E-state index in [1.165, 1.54) is 31.7 Å². The smallest absolute Gasteiger partial charge is 0.360 e. The van der Waals surface area contributed by atoms with Crippen molar-refractivity contribution in [3.63, 3.8) is 0 Å². The van der Waals surface area contributed by atoms with Gasteiger partial charge < -0.3 is 15.2 Å². The highest BCUT2D eigenvalue weighted by Gasteiger charge is 2.33. The molecule has 13 heteroatoms. The molecule has 0 fully saturated rings. The predicted octanol–water partition coefficient (Wildman–Crippen LogP) is 4.33. The van der Waals surface area contributed by atoms with Crippen molar-refractivity contribution >= 4 is 43.9 Å². The molecule has 3 rings (SSSR count). The number of benzene rings is 2. The first-order chi connectivity index (χ1) is 18.6. The average Bonchev–Trinajstić information content (AvgIpc) is 3.36. The number of carbonyl (C=O) groups excluding carboxylic acids is 2. The van der Waals surface area contributed by atoms with Crippen molar-refractivity contribution in [2.45, 2.75) is 51.2 Å².